The molecule has 0 amide bonds. The molecule has 1 N–H and O–H groups in total. The summed E-state index contributed by atoms with van der Waals surface area (Å²) in [5, 5.41) is 14.4. The molecule has 4 aromatic rings. The number of hydrogen-bond donors (Lipinski definition) is 1. The van der Waals surface area contributed by atoms with Gasteiger partial charge in [0.2, 0.25) is 5.88 Å². The minimum absolute atomic E-state index is 0.0393. The number of aryl methyl sites for hydroxylation is 1. The molecule has 0 aliphatic carbocycles. The number of aliphatic hydroxyl groups is 1. The van der Waals surface area contributed by atoms with E-state index in [2.05, 4.69) is 28.8 Å². The first kappa shape index (κ1) is 21.5. The maximum atomic E-state index is 9.64. The molecule has 2 aromatic heterocycles. The van der Waals surface area contributed by atoms with Crippen molar-refractivity contribution in [2.24, 2.45) is 0 Å². The van der Waals surface area contributed by atoms with E-state index >= 15 is 0 Å². The Morgan fingerprint density at radius 3 is 2.50 bits per heavy atom. The number of hydrogen-bond acceptors (Lipinski definition) is 5. The quantitative estimate of drug-likeness (QED) is 0.340. The average Bonchev–Trinajstić information content (AvgIpc) is 3.27. The van der Waals surface area contributed by atoms with Gasteiger partial charge in [-0.3, -0.25) is 0 Å². The molecule has 162 valence electrons. The summed E-state index contributed by atoms with van der Waals surface area (Å²) in [7, 11) is 0. The van der Waals surface area contributed by atoms with Gasteiger partial charge in [0.25, 0.3) is 0 Å². The van der Waals surface area contributed by atoms with Crippen molar-refractivity contribution in [1.82, 2.24) is 14.8 Å². The molecule has 0 radical (unpaired) electrons. The van der Waals surface area contributed by atoms with Crippen molar-refractivity contribution < 1.29 is 14.6 Å². The molecule has 0 spiro atoms. The molecule has 0 atom stereocenters. The Morgan fingerprint density at radius 1 is 0.969 bits per heavy atom. The maximum Gasteiger partial charge on any atom is 0.218 e. The molecular formula is C25H22ClN3O3. The maximum absolute atomic E-state index is 9.64. The number of pyridine rings is 1. The van der Waals surface area contributed by atoms with Gasteiger partial charge in [0.05, 0.1) is 11.2 Å². The van der Waals surface area contributed by atoms with E-state index in [-0.39, 0.29) is 12.4 Å². The molecule has 0 bridgehead atoms. The van der Waals surface area contributed by atoms with Crippen molar-refractivity contribution >= 4 is 17.4 Å². The number of halogens is 1. The van der Waals surface area contributed by atoms with Crippen molar-refractivity contribution in [3.8, 4) is 17.4 Å². The second-order valence-corrected chi connectivity index (χ2v) is 7.67. The van der Waals surface area contributed by atoms with Crippen LogP contribution in [0.3, 0.4) is 0 Å². The molecular weight excluding hydrogens is 426 g/mol. The highest BCUT2D eigenvalue weighted by atomic mass is 35.5. The third kappa shape index (κ3) is 5.10. The van der Waals surface area contributed by atoms with E-state index in [0.717, 1.165) is 11.1 Å². The molecule has 0 unspecified atom stereocenters. The third-order valence-corrected chi connectivity index (χ3v) is 5.11. The number of nitrogens with zero attached hydrogens (tertiary/aromatic N) is 3. The second kappa shape index (κ2) is 9.58. The van der Waals surface area contributed by atoms with Crippen molar-refractivity contribution in [3.63, 3.8) is 0 Å². The van der Waals surface area contributed by atoms with Gasteiger partial charge in [0, 0.05) is 17.8 Å². The van der Waals surface area contributed by atoms with Crippen molar-refractivity contribution in [1.29, 1.82) is 0 Å². The lowest BCUT2D eigenvalue weighted by molar-refractivity contribution is 0.280. The minimum atomic E-state index is -0.0393. The van der Waals surface area contributed by atoms with Crippen LogP contribution in [-0.2, 0) is 13.2 Å². The number of benzene rings is 2. The first-order valence-corrected chi connectivity index (χ1v) is 10.4. The van der Waals surface area contributed by atoms with Crippen LogP contribution in [0.2, 0.25) is 5.02 Å². The van der Waals surface area contributed by atoms with Gasteiger partial charge in [-0.2, -0.15) is 9.78 Å². The Bertz CT molecular complexity index is 1240. The SMILES string of the molecule is C=C(O)c1ccnc(-n2nccc2OCc2ccc(Cl)c(OCc3ccc(C)cc3)c2)c1. The highest BCUT2D eigenvalue weighted by molar-refractivity contribution is 6.32. The normalized spacial score (nSPS) is 10.7. The predicted octanol–water partition coefficient (Wildman–Crippen LogP) is 5.92. The van der Waals surface area contributed by atoms with Crippen molar-refractivity contribution in [3.05, 3.63) is 107 Å². The smallest absolute Gasteiger partial charge is 0.218 e. The second-order valence-electron chi connectivity index (χ2n) is 7.26. The van der Waals surface area contributed by atoms with E-state index in [9.17, 15) is 5.11 Å². The standard InChI is InChI=1S/C25H22ClN3O3/c1-17-3-5-19(6-4-17)15-31-23-13-20(7-8-22(23)26)16-32-25-10-12-28-29(25)24-14-21(18(2)30)9-11-27-24/h3-14,30H,2,15-16H2,1H3. The fraction of sp³-hybridized carbons (Fsp3) is 0.120. The largest absolute Gasteiger partial charge is 0.508 e. The zero-order valence-corrected chi connectivity index (χ0v) is 18.3. The van der Waals surface area contributed by atoms with Crippen LogP contribution in [0.25, 0.3) is 11.6 Å². The first-order chi connectivity index (χ1) is 15.5. The van der Waals surface area contributed by atoms with Crippen LogP contribution in [0, 0.1) is 6.92 Å². The van der Waals surface area contributed by atoms with E-state index < -0.39 is 0 Å². The van der Waals surface area contributed by atoms with Crippen LogP contribution in [0.4, 0.5) is 0 Å². The molecule has 4 rings (SSSR count). The molecule has 0 aliphatic rings. The Hall–Kier alpha value is -3.77. The zero-order chi connectivity index (χ0) is 22.5. The van der Waals surface area contributed by atoms with Gasteiger partial charge < -0.3 is 14.6 Å². The van der Waals surface area contributed by atoms with E-state index in [4.69, 9.17) is 21.1 Å². The average molecular weight is 448 g/mol. The van der Waals surface area contributed by atoms with Gasteiger partial charge in [-0.25, -0.2) is 4.98 Å². The van der Waals surface area contributed by atoms with Crippen LogP contribution in [-0.4, -0.2) is 19.9 Å². The molecule has 2 heterocycles. The highest BCUT2D eigenvalue weighted by Gasteiger charge is 2.11. The Morgan fingerprint density at radius 2 is 1.72 bits per heavy atom. The first-order valence-electron chi connectivity index (χ1n) is 9.98. The monoisotopic (exact) mass is 447 g/mol. The molecule has 0 saturated carbocycles. The molecule has 0 aliphatic heterocycles. The van der Waals surface area contributed by atoms with Gasteiger partial charge in [-0.05, 0) is 42.3 Å². The molecule has 7 heteroatoms. The van der Waals surface area contributed by atoms with Crippen LogP contribution >= 0.6 is 11.6 Å². The van der Waals surface area contributed by atoms with E-state index in [1.165, 1.54) is 5.56 Å². The summed E-state index contributed by atoms with van der Waals surface area (Å²) in [5.41, 5.74) is 3.72. The Balaban J connectivity index is 1.45. The zero-order valence-electron chi connectivity index (χ0n) is 17.5. The molecule has 0 fully saturated rings. The van der Waals surface area contributed by atoms with Gasteiger partial charge >= 0.3 is 0 Å². The number of aromatic nitrogens is 3. The summed E-state index contributed by atoms with van der Waals surface area (Å²) >= 11 is 6.32. The van der Waals surface area contributed by atoms with E-state index in [1.807, 2.05) is 31.2 Å². The summed E-state index contributed by atoms with van der Waals surface area (Å²) in [4.78, 5) is 4.29. The molecule has 2 aromatic carbocycles. The predicted molar refractivity (Wildman–Crippen MR) is 124 cm³/mol. The topological polar surface area (TPSA) is 69.4 Å². The minimum Gasteiger partial charge on any atom is -0.508 e. The van der Waals surface area contributed by atoms with Gasteiger partial charge in [-0.15, -0.1) is 0 Å². The van der Waals surface area contributed by atoms with Crippen LogP contribution in [0.5, 0.6) is 11.6 Å². The molecule has 0 saturated heterocycles. The lowest BCUT2D eigenvalue weighted by Crippen LogP contribution is -2.05. The lowest BCUT2D eigenvalue weighted by atomic mass is 10.2. The highest BCUT2D eigenvalue weighted by Crippen LogP contribution is 2.27. The van der Waals surface area contributed by atoms with Gasteiger partial charge in [0.1, 0.15) is 24.7 Å². The fourth-order valence-corrected chi connectivity index (χ4v) is 3.21. The number of ether oxygens (including phenoxy) is 2. The number of rotatable bonds is 8. The summed E-state index contributed by atoms with van der Waals surface area (Å²) in [6, 6.07) is 18.8. The summed E-state index contributed by atoms with van der Waals surface area (Å²) in [6.45, 7) is 6.31. The molecule has 6 nitrogen and oxygen atoms in total. The van der Waals surface area contributed by atoms with Crippen molar-refractivity contribution in [2.75, 3.05) is 0 Å². The third-order valence-electron chi connectivity index (χ3n) is 4.80. The van der Waals surface area contributed by atoms with Gasteiger partial charge in [0.15, 0.2) is 5.82 Å². The van der Waals surface area contributed by atoms with Crippen LogP contribution in [0.15, 0.2) is 79.6 Å². The van der Waals surface area contributed by atoms with Crippen molar-refractivity contribution in [2.45, 2.75) is 20.1 Å². The lowest BCUT2D eigenvalue weighted by Gasteiger charge is -2.12. The van der Waals surface area contributed by atoms with Crippen LogP contribution < -0.4 is 9.47 Å². The summed E-state index contributed by atoms with van der Waals surface area (Å²) in [6.07, 6.45) is 3.20. The number of aliphatic hydroxyl groups excluding tert-OH is 1. The Kier molecular flexibility index (Phi) is 6.42. The summed E-state index contributed by atoms with van der Waals surface area (Å²) in [5.74, 6) is 1.58. The summed E-state index contributed by atoms with van der Waals surface area (Å²) < 4.78 is 13.4. The van der Waals surface area contributed by atoms with E-state index in [0.29, 0.717) is 34.6 Å². The van der Waals surface area contributed by atoms with E-state index in [1.54, 1.807) is 41.3 Å². The Labute approximate surface area is 191 Å². The molecule has 32 heavy (non-hydrogen) atoms. The van der Waals surface area contributed by atoms with Crippen LogP contribution in [0.1, 0.15) is 22.3 Å². The van der Waals surface area contributed by atoms with Gasteiger partial charge in [-0.1, -0.05) is 54.1 Å². The fourth-order valence-electron chi connectivity index (χ4n) is 3.04.